The van der Waals surface area contributed by atoms with Crippen molar-refractivity contribution in [2.24, 2.45) is 0 Å². The highest BCUT2D eigenvalue weighted by molar-refractivity contribution is 5.93. The van der Waals surface area contributed by atoms with E-state index in [2.05, 4.69) is 65.6 Å². The van der Waals surface area contributed by atoms with Gasteiger partial charge >= 0.3 is 0 Å². The minimum atomic E-state index is 0.143. The molecule has 2 heterocycles. The molecular weight excluding hydrogens is 396 g/mol. The summed E-state index contributed by atoms with van der Waals surface area (Å²) in [5.41, 5.74) is 2.75. The molecule has 5 rings (SSSR count). The third-order valence-electron chi connectivity index (χ3n) is 6.91. The van der Waals surface area contributed by atoms with Gasteiger partial charge in [-0.1, -0.05) is 72.8 Å². The highest BCUT2D eigenvalue weighted by atomic mass is 16.3. The van der Waals surface area contributed by atoms with Crippen molar-refractivity contribution in [3.63, 3.8) is 0 Å². The van der Waals surface area contributed by atoms with Crippen molar-refractivity contribution in [2.45, 2.75) is 31.2 Å². The summed E-state index contributed by atoms with van der Waals surface area (Å²) in [5, 5.41) is 22.3. The van der Waals surface area contributed by atoms with Gasteiger partial charge in [0.1, 0.15) is 5.75 Å². The molecule has 1 aliphatic heterocycles. The number of phenols is 1. The fraction of sp³-hybridized carbons (Fsp3) is 0.286. The van der Waals surface area contributed by atoms with Crippen molar-refractivity contribution in [2.75, 3.05) is 19.6 Å². The highest BCUT2D eigenvalue weighted by Gasteiger charge is 2.25. The Labute approximate surface area is 189 Å². The lowest BCUT2D eigenvalue weighted by Gasteiger charge is -2.34. The van der Waals surface area contributed by atoms with Gasteiger partial charge in [0.15, 0.2) is 0 Å². The van der Waals surface area contributed by atoms with Crippen LogP contribution >= 0.6 is 0 Å². The van der Waals surface area contributed by atoms with Crippen LogP contribution < -0.4 is 0 Å². The van der Waals surface area contributed by atoms with E-state index in [0.29, 0.717) is 11.3 Å². The van der Waals surface area contributed by atoms with Crippen molar-refractivity contribution in [1.82, 2.24) is 9.47 Å². The molecule has 0 bridgehead atoms. The zero-order valence-electron chi connectivity index (χ0n) is 18.3. The van der Waals surface area contributed by atoms with E-state index in [1.807, 2.05) is 22.9 Å². The molecule has 0 spiro atoms. The molecule has 0 radical (unpaired) electrons. The van der Waals surface area contributed by atoms with E-state index in [1.54, 1.807) is 6.07 Å². The van der Waals surface area contributed by atoms with Gasteiger partial charge < -0.3 is 19.7 Å². The number of hydrogen-bond acceptors (Lipinski definition) is 3. The molecule has 1 aliphatic rings. The first-order valence-electron chi connectivity index (χ1n) is 11.5. The fourth-order valence-corrected chi connectivity index (χ4v) is 5.16. The van der Waals surface area contributed by atoms with Crippen LogP contribution in [-0.2, 0) is 0 Å². The normalized spacial score (nSPS) is 15.5. The number of nitrogens with zero attached hydrogens (tertiary/aromatic N) is 2. The van der Waals surface area contributed by atoms with Crippen molar-refractivity contribution < 1.29 is 10.2 Å². The predicted molar refractivity (Wildman–Crippen MR) is 129 cm³/mol. The first kappa shape index (κ1) is 20.7. The molecule has 1 fully saturated rings. The maximum atomic E-state index is 10.7. The quantitative estimate of drug-likeness (QED) is 0.403. The molecule has 0 aliphatic carbocycles. The van der Waals surface area contributed by atoms with E-state index >= 15 is 0 Å². The van der Waals surface area contributed by atoms with Crippen molar-refractivity contribution >= 4 is 10.8 Å². The molecule has 4 aromatic rings. The highest BCUT2D eigenvalue weighted by Crippen LogP contribution is 2.38. The predicted octanol–water partition coefficient (Wildman–Crippen LogP) is 5.91. The second kappa shape index (κ2) is 9.09. The molecule has 32 heavy (non-hydrogen) atoms. The van der Waals surface area contributed by atoms with Gasteiger partial charge in [-0.05, 0) is 43.0 Å². The Bertz CT molecular complexity index is 1120. The summed E-state index contributed by atoms with van der Waals surface area (Å²) in [4.78, 5) is 2.55. The van der Waals surface area contributed by atoms with E-state index in [9.17, 15) is 10.2 Å². The molecule has 0 atom stereocenters. The third-order valence-corrected chi connectivity index (χ3v) is 6.91. The number of aromatic nitrogens is 1. The molecule has 3 aromatic carbocycles. The SMILES string of the molecule is Oc1cccc2cn(C3CCN(CCC(c4ccccc4)c4ccccc4)CC3)c(O)c12. The van der Waals surface area contributed by atoms with Crippen LogP contribution in [-0.4, -0.2) is 39.3 Å². The summed E-state index contributed by atoms with van der Waals surface area (Å²) < 4.78 is 1.96. The molecule has 164 valence electrons. The Morgan fingerprint density at radius 3 is 2.00 bits per heavy atom. The maximum Gasteiger partial charge on any atom is 0.203 e. The number of phenolic OH excluding ortho intramolecular Hbond substituents is 1. The van der Waals surface area contributed by atoms with Crippen LogP contribution in [0.1, 0.15) is 42.3 Å². The average molecular weight is 427 g/mol. The summed E-state index contributed by atoms with van der Waals surface area (Å²) in [6, 6.07) is 27.3. The fourth-order valence-electron chi connectivity index (χ4n) is 5.16. The number of likely N-dealkylation sites (tertiary alicyclic amines) is 1. The third kappa shape index (κ3) is 4.11. The zero-order chi connectivity index (χ0) is 21.9. The van der Waals surface area contributed by atoms with E-state index in [4.69, 9.17) is 0 Å². The monoisotopic (exact) mass is 426 g/mol. The Balaban J connectivity index is 1.25. The van der Waals surface area contributed by atoms with Gasteiger partial charge in [-0.2, -0.15) is 0 Å². The van der Waals surface area contributed by atoms with Crippen molar-refractivity contribution in [3.05, 3.63) is 96.2 Å². The molecular formula is C28H30N2O2. The Hall–Kier alpha value is -3.24. The van der Waals surface area contributed by atoms with Gasteiger partial charge in [-0.3, -0.25) is 0 Å². The minimum Gasteiger partial charge on any atom is -0.507 e. The number of hydrogen-bond donors (Lipinski definition) is 2. The van der Waals surface area contributed by atoms with Crippen LogP contribution in [0.25, 0.3) is 10.8 Å². The smallest absolute Gasteiger partial charge is 0.203 e. The van der Waals surface area contributed by atoms with E-state index in [-0.39, 0.29) is 17.7 Å². The summed E-state index contributed by atoms with van der Waals surface area (Å²) in [5.74, 6) is 0.728. The van der Waals surface area contributed by atoms with Crippen LogP contribution in [0.3, 0.4) is 0 Å². The van der Waals surface area contributed by atoms with Crippen molar-refractivity contribution in [1.29, 1.82) is 0 Å². The molecule has 1 saturated heterocycles. The lowest BCUT2D eigenvalue weighted by atomic mass is 9.88. The molecule has 4 heteroatoms. The van der Waals surface area contributed by atoms with Gasteiger partial charge in [0, 0.05) is 36.6 Å². The van der Waals surface area contributed by atoms with E-state index in [0.717, 1.165) is 44.3 Å². The Morgan fingerprint density at radius 1 is 0.781 bits per heavy atom. The summed E-state index contributed by atoms with van der Waals surface area (Å²) >= 11 is 0. The lowest BCUT2D eigenvalue weighted by molar-refractivity contribution is 0.178. The largest absolute Gasteiger partial charge is 0.507 e. The van der Waals surface area contributed by atoms with Crippen LogP contribution in [0.2, 0.25) is 0 Å². The molecule has 1 aromatic heterocycles. The topological polar surface area (TPSA) is 48.6 Å². The van der Waals surface area contributed by atoms with Gasteiger partial charge in [0.05, 0.1) is 5.39 Å². The second-order valence-corrected chi connectivity index (χ2v) is 8.84. The summed E-state index contributed by atoms with van der Waals surface area (Å²) in [6.45, 7) is 3.09. The van der Waals surface area contributed by atoms with Crippen molar-refractivity contribution in [3.8, 4) is 11.6 Å². The molecule has 0 unspecified atom stereocenters. The number of aromatic hydroxyl groups is 2. The molecule has 0 saturated carbocycles. The molecule has 2 N–H and O–H groups in total. The van der Waals surface area contributed by atoms with Crippen LogP contribution in [0, 0.1) is 0 Å². The average Bonchev–Trinajstić information content (AvgIpc) is 3.18. The zero-order valence-corrected chi connectivity index (χ0v) is 18.3. The van der Waals surface area contributed by atoms with E-state index < -0.39 is 0 Å². The van der Waals surface area contributed by atoms with Gasteiger partial charge in [-0.25, -0.2) is 0 Å². The first-order valence-corrected chi connectivity index (χ1v) is 11.5. The van der Waals surface area contributed by atoms with Crippen LogP contribution in [0.5, 0.6) is 11.6 Å². The van der Waals surface area contributed by atoms with Crippen LogP contribution in [0.15, 0.2) is 85.1 Å². The maximum absolute atomic E-state index is 10.7. The van der Waals surface area contributed by atoms with Gasteiger partial charge in [0.25, 0.3) is 0 Å². The van der Waals surface area contributed by atoms with Gasteiger partial charge in [-0.15, -0.1) is 0 Å². The first-order chi connectivity index (χ1) is 15.7. The Morgan fingerprint density at radius 2 is 1.41 bits per heavy atom. The molecule has 4 nitrogen and oxygen atoms in total. The standard InChI is InChI=1S/C28H30N2O2/c31-26-13-7-12-23-20-30(28(32)27(23)26)24-14-17-29(18-15-24)19-16-25(21-8-3-1-4-9-21)22-10-5-2-6-11-22/h1-13,20,24-25,31-32H,14-19H2. The summed E-state index contributed by atoms with van der Waals surface area (Å²) in [7, 11) is 0. The minimum absolute atomic E-state index is 0.143. The van der Waals surface area contributed by atoms with Crippen LogP contribution in [0.4, 0.5) is 0 Å². The number of fused-ring (bicyclic) bond motifs is 1. The number of benzene rings is 3. The van der Waals surface area contributed by atoms with E-state index in [1.165, 1.54) is 11.1 Å². The molecule has 0 amide bonds. The summed E-state index contributed by atoms with van der Waals surface area (Å²) in [6.07, 6.45) is 5.06. The number of rotatable bonds is 6. The van der Waals surface area contributed by atoms with Gasteiger partial charge in [0.2, 0.25) is 5.88 Å². The number of piperidine rings is 1. The Kier molecular flexibility index (Phi) is 5.87. The second-order valence-electron chi connectivity index (χ2n) is 8.84. The lowest BCUT2D eigenvalue weighted by Crippen LogP contribution is -2.35.